The first-order chi connectivity index (χ1) is 35.9. The zero-order valence-electron chi connectivity index (χ0n) is 42.9. The molecule has 9 rings (SSSR count). The lowest BCUT2D eigenvalue weighted by atomic mass is 9.99. The second kappa shape index (κ2) is 23.1. The van der Waals surface area contributed by atoms with Crippen molar-refractivity contribution < 1.29 is 32.1 Å². The summed E-state index contributed by atoms with van der Waals surface area (Å²) in [6, 6.07) is 21.4. The third-order valence-corrected chi connectivity index (χ3v) is 17.2. The van der Waals surface area contributed by atoms with Crippen LogP contribution in [0, 0.1) is 32.6 Å². The molecule has 0 aliphatic carbocycles. The molecule has 0 bridgehead atoms. The van der Waals surface area contributed by atoms with E-state index in [0.717, 1.165) is 75.6 Å². The predicted octanol–water partition coefficient (Wildman–Crippen LogP) is 9.51. The third kappa shape index (κ3) is 13.0. The number of halogens is 4. The number of carbonyl (C=O) groups excluding carboxylic acids is 2. The third-order valence-electron chi connectivity index (χ3n) is 14.2. The standard InChI is InChI=1S/C55H63ClF3N10O4PS/c1-35-36(2)75-54-51(35)52(38-12-14-39(56)15-13-38)63-47(53-65-64-37(3)69(53)54)32-49(70)61-25-8-30-73-43-22-28-67(29-23-43)50(71)33-66-26-20-41(21-27-66)62-46-10-6-11-48-45(46)31-42(68(48)34-55(57,58)59)9-7-24-60-40-16-18-44(19-17-40)74(4,5)72/h6,10-19,31,41,43,47,60,62H,8,20-30,32-34H2,1-5H3,(H,61,70)/t47-/m0/s1. The van der Waals surface area contributed by atoms with Crippen molar-refractivity contribution in [2.75, 3.05) is 76.4 Å². The van der Waals surface area contributed by atoms with E-state index in [2.05, 4.69) is 56.7 Å². The number of likely N-dealkylation sites (tertiary alicyclic amines) is 2. The molecule has 396 valence electrons. The summed E-state index contributed by atoms with van der Waals surface area (Å²) in [4.78, 5) is 37.4. The van der Waals surface area contributed by atoms with Crippen molar-refractivity contribution in [3.63, 3.8) is 0 Å². The number of rotatable bonds is 16. The molecule has 6 aromatic rings. The lowest BCUT2D eigenvalue weighted by Gasteiger charge is -2.36. The average molecular weight is 1080 g/mol. The molecule has 0 radical (unpaired) electrons. The average Bonchev–Trinajstić information content (AvgIpc) is 4.01. The molecule has 3 aliphatic rings. The SMILES string of the molecule is Cc1sc2c(c1C)C(c1ccc(Cl)cc1)=N[C@@H](CC(=O)NCCCOC1CCN(C(=O)CN3CCC(Nc4cccc5c4cc(C#CCNc4ccc(P(C)(C)=O)cc4)n5CC(F)(F)F)CC3)CC1)c1nnc(C)n1-2. The Hall–Kier alpha value is -5.96. The number of aryl methyl sites for hydroxylation is 2. The number of hydrogen-bond acceptors (Lipinski definition) is 11. The van der Waals surface area contributed by atoms with E-state index in [1.54, 1.807) is 55.0 Å². The van der Waals surface area contributed by atoms with Gasteiger partial charge in [-0.3, -0.25) is 24.0 Å². The van der Waals surface area contributed by atoms with E-state index in [-0.39, 0.29) is 42.6 Å². The van der Waals surface area contributed by atoms with Gasteiger partial charge in [-0.2, -0.15) is 13.2 Å². The van der Waals surface area contributed by atoms with E-state index in [1.807, 2.05) is 58.9 Å². The number of nitrogens with zero attached hydrogens (tertiary/aromatic N) is 7. The van der Waals surface area contributed by atoms with E-state index < -0.39 is 25.9 Å². The number of aliphatic imine (C=N–C) groups is 1. The van der Waals surface area contributed by atoms with Gasteiger partial charge in [0.25, 0.3) is 0 Å². The molecular weight excluding hydrogens is 1020 g/mol. The Morgan fingerprint density at radius 1 is 0.947 bits per heavy atom. The van der Waals surface area contributed by atoms with Crippen molar-refractivity contribution in [2.45, 2.75) is 90.2 Å². The van der Waals surface area contributed by atoms with E-state index >= 15 is 0 Å². The zero-order chi connectivity index (χ0) is 53.0. The summed E-state index contributed by atoms with van der Waals surface area (Å²) in [6.45, 7) is 12.5. The highest BCUT2D eigenvalue weighted by Crippen LogP contribution is 2.40. The molecule has 3 aromatic carbocycles. The molecule has 6 heterocycles. The van der Waals surface area contributed by atoms with Crippen LogP contribution in [-0.4, -0.2) is 131 Å². The summed E-state index contributed by atoms with van der Waals surface area (Å²) in [5, 5.41) is 21.8. The van der Waals surface area contributed by atoms with Crippen LogP contribution in [0.15, 0.2) is 77.8 Å². The van der Waals surface area contributed by atoms with Gasteiger partial charge >= 0.3 is 6.18 Å². The molecule has 0 saturated carbocycles. The molecule has 2 saturated heterocycles. The molecule has 3 aliphatic heterocycles. The molecule has 0 unspecified atom stereocenters. The highest BCUT2D eigenvalue weighted by atomic mass is 35.5. The molecule has 3 aromatic heterocycles. The number of alkyl halides is 3. The number of thiophene rings is 1. The molecule has 0 spiro atoms. The fourth-order valence-corrected chi connectivity index (χ4v) is 12.2. The van der Waals surface area contributed by atoms with Gasteiger partial charge < -0.3 is 34.7 Å². The number of ether oxygens (including phenoxy) is 1. The van der Waals surface area contributed by atoms with Crippen molar-refractivity contribution >= 4 is 75.2 Å². The number of aromatic nitrogens is 4. The summed E-state index contributed by atoms with van der Waals surface area (Å²) in [5.74, 6) is 7.26. The summed E-state index contributed by atoms with van der Waals surface area (Å²) in [6.07, 6.45) is -0.644. The second-order valence-electron chi connectivity index (χ2n) is 20.0. The minimum absolute atomic E-state index is 0.0328. The molecule has 1 atom stereocenters. The van der Waals surface area contributed by atoms with Gasteiger partial charge in [0.1, 0.15) is 30.6 Å². The number of amides is 2. The Bertz CT molecular complexity index is 3180. The first-order valence-corrected chi connectivity index (χ1v) is 29.3. The topological polar surface area (TPSA) is 151 Å². The maximum absolute atomic E-state index is 13.9. The lowest BCUT2D eigenvalue weighted by molar-refractivity contribution is -0.140. The van der Waals surface area contributed by atoms with Gasteiger partial charge in [-0.05, 0) is 132 Å². The zero-order valence-corrected chi connectivity index (χ0v) is 45.4. The van der Waals surface area contributed by atoms with Gasteiger partial charge in [-0.1, -0.05) is 35.7 Å². The molecule has 3 N–H and O–H groups in total. The van der Waals surface area contributed by atoms with Crippen molar-refractivity contribution in [1.82, 2.24) is 34.4 Å². The highest BCUT2D eigenvalue weighted by Gasteiger charge is 2.34. The van der Waals surface area contributed by atoms with Crippen LogP contribution in [0.25, 0.3) is 15.9 Å². The Balaban J connectivity index is 0.705. The van der Waals surface area contributed by atoms with Gasteiger partial charge in [0.05, 0.1) is 42.5 Å². The van der Waals surface area contributed by atoms with Crippen LogP contribution in [0.3, 0.4) is 0 Å². The van der Waals surface area contributed by atoms with Crippen LogP contribution < -0.4 is 21.3 Å². The fraction of sp³-hybridized carbons (Fsp3) is 0.436. The number of fused-ring (bicyclic) bond motifs is 4. The molecule has 75 heavy (non-hydrogen) atoms. The Labute approximate surface area is 444 Å². The van der Waals surface area contributed by atoms with Crippen molar-refractivity contribution in [3.8, 4) is 16.8 Å². The van der Waals surface area contributed by atoms with Crippen LogP contribution in [0.4, 0.5) is 24.5 Å². The quantitative estimate of drug-likeness (QED) is 0.0489. The van der Waals surface area contributed by atoms with Crippen LogP contribution in [0.2, 0.25) is 5.02 Å². The number of nitrogens with one attached hydrogen (secondary N) is 3. The largest absolute Gasteiger partial charge is 0.406 e. The molecule has 14 nitrogen and oxygen atoms in total. The van der Waals surface area contributed by atoms with Gasteiger partial charge in [0, 0.05) is 88.5 Å². The van der Waals surface area contributed by atoms with Crippen LogP contribution in [0.5, 0.6) is 0 Å². The Kier molecular flexibility index (Phi) is 16.6. The number of piperidine rings is 2. The summed E-state index contributed by atoms with van der Waals surface area (Å²) in [7, 11) is -2.39. The number of carbonyl (C=O) groups is 2. The van der Waals surface area contributed by atoms with E-state index in [4.69, 9.17) is 21.3 Å². The Morgan fingerprint density at radius 3 is 2.39 bits per heavy atom. The highest BCUT2D eigenvalue weighted by molar-refractivity contribution is 7.70. The maximum atomic E-state index is 13.9. The molecule has 2 amide bonds. The van der Waals surface area contributed by atoms with Crippen LogP contribution >= 0.6 is 30.1 Å². The monoisotopic (exact) mass is 1080 g/mol. The summed E-state index contributed by atoms with van der Waals surface area (Å²) < 4.78 is 63.5. The second-order valence-corrected chi connectivity index (χ2v) is 24.8. The van der Waals surface area contributed by atoms with Gasteiger partial charge in [0.2, 0.25) is 11.8 Å². The lowest BCUT2D eigenvalue weighted by Crippen LogP contribution is -2.48. The summed E-state index contributed by atoms with van der Waals surface area (Å²) >= 11 is 7.93. The maximum Gasteiger partial charge on any atom is 0.406 e. The smallest absolute Gasteiger partial charge is 0.382 e. The fourth-order valence-electron chi connectivity index (χ4n) is 10.0. The molecular formula is C55H63ClF3N10O4PS. The number of hydrogen-bond donors (Lipinski definition) is 3. The predicted molar refractivity (Wildman–Crippen MR) is 293 cm³/mol. The van der Waals surface area contributed by atoms with Crippen LogP contribution in [0.1, 0.15) is 83.5 Å². The minimum Gasteiger partial charge on any atom is -0.382 e. The van der Waals surface area contributed by atoms with Gasteiger partial charge in [-0.15, -0.1) is 21.5 Å². The molecule has 20 heteroatoms. The molecule has 2 fully saturated rings. The van der Waals surface area contributed by atoms with E-state index in [9.17, 15) is 27.3 Å². The normalized spacial score (nSPS) is 16.7. The van der Waals surface area contributed by atoms with Gasteiger partial charge in [0.15, 0.2) is 5.82 Å². The van der Waals surface area contributed by atoms with Gasteiger partial charge in [-0.25, -0.2) is 0 Å². The van der Waals surface area contributed by atoms with Crippen molar-refractivity contribution in [1.29, 1.82) is 0 Å². The van der Waals surface area contributed by atoms with Crippen LogP contribution in [-0.2, 0) is 25.4 Å². The minimum atomic E-state index is -4.45. The first-order valence-electron chi connectivity index (χ1n) is 25.5. The summed E-state index contributed by atoms with van der Waals surface area (Å²) in [5.41, 5.74) is 6.09. The Morgan fingerprint density at radius 2 is 1.68 bits per heavy atom. The van der Waals surface area contributed by atoms with Crippen molar-refractivity contribution in [3.05, 3.63) is 117 Å². The number of benzene rings is 3. The van der Waals surface area contributed by atoms with Crippen molar-refractivity contribution in [2.24, 2.45) is 4.99 Å². The first kappa shape index (κ1) is 53.9. The number of anilines is 2. The van der Waals surface area contributed by atoms with E-state index in [1.165, 1.54) is 9.44 Å². The van der Waals surface area contributed by atoms with E-state index in [0.29, 0.717) is 74.0 Å².